The molecule has 1 aliphatic heterocycles. The van der Waals surface area contributed by atoms with Gasteiger partial charge in [0.25, 0.3) is 0 Å². The molecular formula is C8H13NO5. The van der Waals surface area contributed by atoms with Crippen LogP contribution in [0.5, 0.6) is 0 Å². The van der Waals surface area contributed by atoms with Gasteiger partial charge in [-0.05, 0) is 0 Å². The molecule has 80 valence electrons. The quantitative estimate of drug-likeness (QED) is 0.512. The van der Waals surface area contributed by atoms with Crippen LogP contribution in [0.2, 0.25) is 0 Å². The van der Waals surface area contributed by atoms with Crippen LogP contribution >= 0.6 is 0 Å². The normalized spacial score (nSPS) is 24.0. The molecule has 6 heteroatoms. The summed E-state index contributed by atoms with van der Waals surface area (Å²) in [6, 6.07) is -1.02. The summed E-state index contributed by atoms with van der Waals surface area (Å²) in [7, 11) is 0. The summed E-state index contributed by atoms with van der Waals surface area (Å²) in [5.41, 5.74) is 0. The number of nitrogens with zero attached hydrogens (tertiary/aromatic N) is 1. The number of hydrogen-bond acceptors (Lipinski definition) is 4. The molecule has 14 heavy (non-hydrogen) atoms. The van der Waals surface area contributed by atoms with Crippen molar-refractivity contribution in [1.29, 1.82) is 0 Å². The van der Waals surface area contributed by atoms with Gasteiger partial charge in [-0.1, -0.05) is 0 Å². The topological polar surface area (TPSA) is 98.1 Å². The van der Waals surface area contributed by atoms with Crippen LogP contribution in [0.3, 0.4) is 0 Å². The van der Waals surface area contributed by atoms with Crippen molar-refractivity contribution in [3.63, 3.8) is 0 Å². The lowest BCUT2D eigenvalue weighted by atomic mass is 10.2. The molecule has 1 amide bonds. The highest BCUT2D eigenvalue weighted by atomic mass is 16.4. The molecule has 1 fully saturated rings. The van der Waals surface area contributed by atoms with Crippen molar-refractivity contribution in [2.75, 3.05) is 13.2 Å². The summed E-state index contributed by atoms with van der Waals surface area (Å²) < 4.78 is 0. The maximum atomic E-state index is 11.2. The summed E-state index contributed by atoms with van der Waals surface area (Å²) in [5, 5.41) is 26.6. The summed E-state index contributed by atoms with van der Waals surface area (Å²) >= 11 is 0. The van der Waals surface area contributed by atoms with Gasteiger partial charge in [-0.25, -0.2) is 4.79 Å². The first-order chi connectivity index (χ1) is 6.56. The van der Waals surface area contributed by atoms with Gasteiger partial charge >= 0.3 is 5.97 Å². The van der Waals surface area contributed by atoms with Gasteiger partial charge in [-0.15, -0.1) is 0 Å². The molecule has 0 saturated carbocycles. The molecule has 6 nitrogen and oxygen atoms in total. The first-order valence-corrected chi connectivity index (χ1v) is 4.37. The lowest BCUT2D eigenvalue weighted by molar-refractivity contribution is -0.149. The third-order valence-corrected chi connectivity index (χ3v) is 2.20. The van der Waals surface area contributed by atoms with Crippen LogP contribution in [0.4, 0.5) is 0 Å². The Kier molecular flexibility index (Phi) is 3.43. The number of carbonyl (C=O) groups excluding carboxylic acids is 1. The second-order valence-corrected chi connectivity index (χ2v) is 3.27. The van der Waals surface area contributed by atoms with Crippen LogP contribution in [0, 0.1) is 0 Å². The Morgan fingerprint density at radius 2 is 2.29 bits per heavy atom. The fourth-order valence-electron chi connectivity index (χ4n) is 1.55. The molecule has 0 aromatic carbocycles. The molecule has 0 radical (unpaired) electrons. The standard InChI is InChI=1S/C8H13NO5/c10-2-1-6(8(13)14)9-4-5(11)3-7(9)12/h5-6,10-11H,1-4H2,(H,13,14)/t5?,6-/m0/s1. The summed E-state index contributed by atoms with van der Waals surface area (Å²) in [6.07, 6.45) is -0.828. The molecule has 3 N–H and O–H groups in total. The second-order valence-electron chi connectivity index (χ2n) is 3.27. The van der Waals surface area contributed by atoms with Crippen LogP contribution in [0.15, 0.2) is 0 Å². The van der Waals surface area contributed by atoms with Crippen molar-refractivity contribution >= 4 is 11.9 Å². The third-order valence-electron chi connectivity index (χ3n) is 2.20. The summed E-state index contributed by atoms with van der Waals surface area (Å²) in [4.78, 5) is 23.1. The molecule has 0 aromatic heterocycles. The highest BCUT2D eigenvalue weighted by molar-refractivity contribution is 5.85. The van der Waals surface area contributed by atoms with Crippen molar-refractivity contribution in [2.24, 2.45) is 0 Å². The van der Waals surface area contributed by atoms with Crippen LogP contribution in [-0.2, 0) is 9.59 Å². The van der Waals surface area contributed by atoms with Crippen molar-refractivity contribution in [3.8, 4) is 0 Å². The Balaban J connectivity index is 2.68. The van der Waals surface area contributed by atoms with Gasteiger partial charge in [-0.3, -0.25) is 4.79 Å². The first kappa shape index (κ1) is 10.9. The number of carbonyl (C=O) groups is 2. The largest absolute Gasteiger partial charge is 0.480 e. The molecule has 1 unspecified atom stereocenters. The van der Waals surface area contributed by atoms with Gasteiger partial charge in [0.2, 0.25) is 5.91 Å². The molecule has 2 atom stereocenters. The minimum absolute atomic E-state index is 0.00616. The Bertz CT molecular complexity index is 242. The van der Waals surface area contributed by atoms with Crippen molar-refractivity contribution < 1.29 is 24.9 Å². The summed E-state index contributed by atoms with van der Waals surface area (Å²) in [5.74, 6) is -1.53. The van der Waals surface area contributed by atoms with Gasteiger partial charge in [0, 0.05) is 19.6 Å². The van der Waals surface area contributed by atoms with Gasteiger partial charge in [0.05, 0.1) is 12.5 Å². The minimum atomic E-state index is -1.15. The fraction of sp³-hybridized carbons (Fsp3) is 0.750. The van der Waals surface area contributed by atoms with Crippen molar-refractivity contribution in [1.82, 2.24) is 4.90 Å². The lowest BCUT2D eigenvalue weighted by Gasteiger charge is -2.23. The van der Waals surface area contributed by atoms with Crippen LogP contribution < -0.4 is 0 Å². The zero-order valence-corrected chi connectivity index (χ0v) is 7.59. The number of aliphatic hydroxyl groups is 2. The highest BCUT2D eigenvalue weighted by Crippen LogP contribution is 2.16. The zero-order valence-electron chi connectivity index (χ0n) is 7.59. The number of hydrogen-bond donors (Lipinski definition) is 3. The van der Waals surface area contributed by atoms with Crippen LogP contribution in [0.1, 0.15) is 12.8 Å². The molecule has 0 aromatic rings. The SMILES string of the molecule is O=C(O)[C@H](CCO)N1CC(O)CC1=O. The average Bonchev–Trinajstić information content (AvgIpc) is 2.40. The monoisotopic (exact) mass is 203 g/mol. The van der Waals surface area contributed by atoms with Crippen molar-refractivity contribution in [3.05, 3.63) is 0 Å². The van der Waals surface area contributed by atoms with Gasteiger partial charge in [0.15, 0.2) is 0 Å². The van der Waals surface area contributed by atoms with E-state index >= 15 is 0 Å². The number of carboxylic acid groups (broad SMARTS) is 1. The fourth-order valence-corrected chi connectivity index (χ4v) is 1.55. The van der Waals surface area contributed by atoms with E-state index < -0.39 is 18.1 Å². The van der Waals surface area contributed by atoms with Gasteiger partial charge in [-0.2, -0.15) is 0 Å². The molecule has 1 aliphatic rings. The van der Waals surface area contributed by atoms with E-state index in [1.54, 1.807) is 0 Å². The lowest BCUT2D eigenvalue weighted by Crippen LogP contribution is -2.43. The van der Waals surface area contributed by atoms with E-state index in [1.165, 1.54) is 0 Å². The van der Waals surface area contributed by atoms with E-state index in [0.29, 0.717) is 0 Å². The van der Waals surface area contributed by atoms with Gasteiger partial charge < -0.3 is 20.2 Å². The van der Waals surface area contributed by atoms with E-state index in [-0.39, 0.29) is 31.9 Å². The minimum Gasteiger partial charge on any atom is -0.480 e. The van der Waals surface area contributed by atoms with Gasteiger partial charge in [0.1, 0.15) is 6.04 Å². The number of β-amino-alcohol motifs (C(OH)–C–C–N with tert-alkyl or cyclic N) is 1. The smallest absolute Gasteiger partial charge is 0.326 e. The summed E-state index contributed by atoms with van der Waals surface area (Å²) in [6.45, 7) is -0.257. The molecule has 0 bridgehead atoms. The maximum absolute atomic E-state index is 11.2. The number of rotatable bonds is 4. The number of aliphatic hydroxyl groups excluding tert-OH is 2. The number of likely N-dealkylation sites (tertiary alicyclic amines) is 1. The third kappa shape index (κ3) is 2.21. The van der Waals surface area contributed by atoms with E-state index in [4.69, 9.17) is 15.3 Å². The highest BCUT2D eigenvalue weighted by Gasteiger charge is 2.36. The molecule has 1 saturated heterocycles. The Morgan fingerprint density at radius 3 is 2.64 bits per heavy atom. The second kappa shape index (κ2) is 4.39. The molecule has 0 aliphatic carbocycles. The predicted molar refractivity (Wildman–Crippen MR) is 45.5 cm³/mol. The molecule has 0 spiro atoms. The number of aliphatic carboxylic acids is 1. The Hall–Kier alpha value is -1.14. The number of amides is 1. The van der Waals surface area contributed by atoms with E-state index in [0.717, 1.165) is 4.90 Å². The Labute approximate surface area is 80.8 Å². The van der Waals surface area contributed by atoms with Crippen molar-refractivity contribution in [2.45, 2.75) is 25.0 Å². The molecule has 1 heterocycles. The Morgan fingerprint density at radius 1 is 1.64 bits per heavy atom. The molecule has 1 rings (SSSR count). The average molecular weight is 203 g/mol. The molecular weight excluding hydrogens is 190 g/mol. The van der Waals surface area contributed by atoms with E-state index in [9.17, 15) is 9.59 Å². The van der Waals surface area contributed by atoms with E-state index in [2.05, 4.69) is 0 Å². The number of carboxylic acids is 1. The zero-order chi connectivity index (χ0) is 10.7. The van der Waals surface area contributed by atoms with Crippen LogP contribution in [-0.4, -0.2) is 57.4 Å². The first-order valence-electron chi connectivity index (χ1n) is 4.37. The van der Waals surface area contributed by atoms with Crippen LogP contribution in [0.25, 0.3) is 0 Å². The maximum Gasteiger partial charge on any atom is 0.326 e. The van der Waals surface area contributed by atoms with E-state index in [1.807, 2.05) is 0 Å². The predicted octanol–water partition coefficient (Wildman–Crippen LogP) is -1.58.